The predicted octanol–water partition coefficient (Wildman–Crippen LogP) is 3.15. The van der Waals surface area contributed by atoms with Gasteiger partial charge in [-0.2, -0.15) is 5.10 Å². The van der Waals surface area contributed by atoms with E-state index < -0.39 is 6.10 Å². The van der Waals surface area contributed by atoms with E-state index in [0.29, 0.717) is 22.3 Å². The molecule has 120 valence electrons. The van der Waals surface area contributed by atoms with Gasteiger partial charge in [0.05, 0.1) is 11.6 Å². The normalized spacial score (nSPS) is 12.4. The summed E-state index contributed by atoms with van der Waals surface area (Å²) >= 11 is 11.9. The van der Waals surface area contributed by atoms with Crippen LogP contribution in [-0.2, 0) is 19.4 Å². The molecule has 7 heteroatoms. The topological polar surface area (TPSA) is 60.2 Å². The maximum absolute atomic E-state index is 10.1. The van der Waals surface area contributed by atoms with Gasteiger partial charge in [0, 0.05) is 23.9 Å². The molecule has 1 aromatic heterocycles. The number of aromatic nitrogens is 3. The molecule has 0 spiro atoms. The van der Waals surface area contributed by atoms with E-state index >= 15 is 0 Å². The first-order chi connectivity index (χ1) is 10.5. The fourth-order valence-corrected chi connectivity index (χ4v) is 2.34. The molecule has 0 saturated carbocycles. The van der Waals surface area contributed by atoms with Gasteiger partial charge in [-0.25, -0.2) is 9.67 Å². The quantitative estimate of drug-likeness (QED) is 0.838. The molecule has 0 saturated heterocycles. The number of hydrogen-bond donors (Lipinski definition) is 1. The molecule has 22 heavy (non-hydrogen) atoms. The minimum atomic E-state index is -0.716. The second-order valence-electron chi connectivity index (χ2n) is 4.87. The van der Waals surface area contributed by atoms with Gasteiger partial charge in [0.1, 0.15) is 24.3 Å². The number of aliphatic hydroxyl groups excluding tert-OH is 1. The van der Waals surface area contributed by atoms with Crippen LogP contribution in [0.3, 0.4) is 0 Å². The number of halogens is 2. The molecule has 0 aliphatic carbocycles. The monoisotopic (exact) mass is 343 g/mol. The first-order valence-corrected chi connectivity index (χ1v) is 7.97. The lowest BCUT2D eigenvalue weighted by Gasteiger charge is -2.14. The Morgan fingerprint density at radius 1 is 1.27 bits per heavy atom. The second-order valence-corrected chi connectivity index (χ2v) is 5.72. The standard InChI is InChI=1S/C15H19Cl2N3O2/c1-3-14-18-15(4-2)20(19-14)8-11(21)9-22-13-7-10(16)5-6-12(13)17/h5-7,11,21H,3-4,8-9H2,1-2H3. The van der Waals surface area contributed by atoms with Crippen molar-refractivity contribution in [3.8, 4) is 5.75 Å². The minimum absolute atomic E-state index is 0.102. The summed E-state index contributed by atoms with van der Waals surface area (Å²) in [7, 11) is 0. The molecule has 0 aliphatic heterocycles. The number of nitrogens with zero attached hydrogens (tertiary/aromatic N) is 3. The van der Waals surface area contributed by atoms with Crippen LogP contribution in [0.4, 0.5) is 0 Å². The molecular weight excluding hydrogens is 325 g/mol. The van der Waals surface area contributed by atoms with Gasteiger partial charge in [0.25, 0.3) is 0 Å². The third-order valence-electron chi connectivity index (χ3n) is 3.13. The highest BCUT2D eigenvalue weighted by atomic mass is 35.5. The summed E-state index contributed by atoms with van der Waals surface area (Å²) < 4.78 is 7.26. The predicted molar refractivity (Wildman–Crippen MR) is 86.7 cm³/mol. The van der Waals surface area contributed by atoms with E-state index in [9.17, 15) is 5.11 Å². The van der Waals surface area contributed by atoms with Crippen molar-refractivity contribution < 1.29 is 9.84 Å². The van der Waals surface area contributed by atoms with E-state index in [2.05, 4.69) is 10.1 Å². The van der Waals surface area contributed by atoms with E-state index in [0.717, 1.165) is 24.5 Å². The van der Waals surface area contributed by atoms with Crippen LogP contribution in [0.15, 0.2) is 18.2 Å². The van der Waals surface area contributed by atoms with E-state index in [1.165, 1.54) is 0 Å². The lowest BCUT2D eigenvalue weighted by Crippen LogP contribution is -2.25. The van der Waals surface area contributed by atoms with Gasteiger partial charge in [-0.1, -0.05) is 37.0 Å². The Kier molecular flexibility index (Phi) is 6.06. The summed E-state index contributed by atoms with van der Waals surface area (Å²) in [6.07, 6.45) is 0.817. The van der Waals surface area contributed by atoms with E-state index in [-0.39, 0.29) is 6.61 Å². The Morgan fingerprint density at radius 2 is 2.05 bits per heavy atom. The van der Waals surface area contributed by atoms with Crippen LogP contribution in [0.2, 0.25) is 10.0 Å². The van der Waals surface area contributed by atoms with Crippen LogP contribution in [0.25, 0.3) is 0 Å². The van der Waals surface area contributed by atoms with Crippen molar-refractivity contribution in [1.29, 1.82) is 0 Å². The van der Waals surface area contributed by atoms with Crippen molar-refractivity contribution in [3.05, 3.63) is 39.9 Å². The number of ether oxygens (including phenoxy) is 1. The SMILES string of the molecule is CCc1nc(CC)n(CC(O)COc2cc(Cl)ccc2Cl)n1. The average Bonchev–Trinajstić information content (AvgIpc) is 2.90. The third kappa shape index (κ3) is 4.35. The Hall–Kier alpha value is -1.30. The summed E-state index contributed by atoms with van der Waals surface area (Å²) in [6.45, 7) is 4.44. The summed E-state index contributed by atoms with van der Waals surface area (Å²) in [5.41, 5.74) is 0. The summed E-state index contributed by atoms with van der Waals surface area (Å²) in [5, 5.41) is 15.5. The Balaban J connectivity index is 1.97. The molecule has 1 atom stereocenters. The highest BCUT2D eigenvalue weighted by Gasteiger charge is 2.13. The van der Waals surface area contributed by atoms with Crippen LogP contribution in [0.1, 0.15) is 25.5 Å². The summed E-state index contributed by atoms with van der Waals surface area (Å²) in [5.74, 6) is 2.09. The Labute approximate surface area is 139 Å². The highest BCUT2D eigenvalue weighted by molar-refractivity contribution is 6.34. The molecule has 1 heterocycles. The molecule has 0 amide bonds. The first-order valence-electron chi connectivity index (χ1n) is 7.22. The van der Waals surface area contributed by atoms with Gasteiger partial charge in [0.2, 0.25) is 0 Å². The van der Waals surface area contributed by atoms with Gasteiger partial charge in [-0.3, -0.25) is 0 Å². The fraction of sp³-hybridized carbons (Fsp3) is 0.467. The van der Waals surface area contributed by atoms with Gasteiger partial charge in [-0.15, -0.1) is 0 Å². The fourth-order valence-electron chi connectivity index (χ4n) is 2.01. The largest absolute Gasteiger partial charge is 0.489 e. The molecule has 5 nitrogen and oxygen atoms in total. The van der Waals surface area contributed by atoms with Crippen molar-refractivity contribution in [1.82, 2.24) is 14.8 Å². The summed E-state index contributed by atoms with van der Waals surface area (Å²) in [6, 6.07) is 4.97. The zero-order valence-electron chi connectivity index (χ0n) is 12.6. The molecule has 2 aromatic rings. The molecule has 0 radical (unpaired) electrons. The molecule has 0 aliphatic rings. The van der Waals surface area contributed by atoms with Gasteiger partial charge in [0.15, 0.2) is 5.82 Å². The number of hydrogen-bond acceptors (Lipinski definition) is 4. The molecule has 0 bridgehead atoms. The van der Waals surface area contributed by atoms with Gasteiger partial charge in [-0.05, 0) is 12.1 Å². The van der Waals surface area contributed by atoms with Crippen molar-refractivity contribution in [2.45, 2.75) is 39.3 Å². The average molecular weight is 344 g/mol. The second kappa shape index (κ2) is 7.81. The minimum Gasteiger partial charge on any atom is -0.489 e. The first kappa shape index (κ1) is 17.1. The zero-order valence-corrected chi connectivity index (χ0v) is 14.1. The summed E-state index contributed by atoms with van der Waals surface area (Å²) in [4.78, 5) is 4.41. The van der Waals surface area contributed by atoms with E-state index in [4.69, 9.17) is 27.9 Å². The van der Waals surface area contributed by atoms with Crippen LogP contribution >= 0.6 is 23.2 Å². The number of rotatable bonds is 7. The highest BCUT2D eigenvalue weighted by Crippen LogP contribution is 2.27. The van der Waals surface area contributed by atoms with Crippen LogP contribution < -0.4 is 4.74 Å². The van der Waals surface area contributed by atoms with E-state index in [1.54, 1.807) is 22.9 Å². The Bertz CT molecular complexity index is 631. The van der Waals surface area contributed by atoms with Crippen LogP contribution in [-0.4, -0.2) is 32.6 Å². The smallest absolute Gasteiger partial charge is 0.150 e. The number of aryl methyl sites for hydroxylation is 2. The molecule has 1 aromatic carbocycles. The van der Waals surface area contributed by atoms with E-state index in [1.807, 2.05) is 13.8 Å². The molecular formula is C15H19Cl2N3O2. The zero-order chi connectivity index (χ0) is 16.1. The molecule has 1 unspecified atom stereocenters. The van der Waals surface area contributed by atoms with Crippen LogP contribution in [0.5, 0.6) is 5.75 Å². The molecule has 0 fully saturated rings. The van der Waals surface area contributed by atoms with Gasteiger partial charge >= 0.3 is 0 Å². The number of benzene rings is 1. The van der Waals surface area contributed by atoms with Crippen molar-refractivity contribution in [3.63, 3.8) is 0 Å². The van der Waals surface area contributed by atoms with Gasteiger partial charge < -0.3 is 9.84 Å². The third-order valence-corrected chi connectivity index (χ3v) is 3.68. The van der Waals surface area contributed by atoms with Crippen molar-refractivity contribution in [2.24, 2.45) is 0 Å². The van der Waals surface area contributed by atoms with Crippen molar-refractivity contribution >= 4 is 23.2 Å². The maximum Gasteiger partial charge on any atom is 0.150 e. The van der Waals surface area contributed by atoms with Crippen LogP contribution in [0, 0.1) is 0 Å². The van der Waals surface area contributed by atoms with Crippen molar-refractivity contribution in [2.75, 3.05) is 6.61 Å². The molecule has 1 N–H and O–H groups in total. The lowest BCUT2D eigenvalue weighted by molar-refractivity contribution is 0.0884. The number of aliphatic hydroxyl groups is 1. The Morgan fingerprint density at radius 3 is 2.73 bits per heavy atom. The molecule has 2 rings (SSSR count). The lowest BCUT2D eigenvalue weighted by atomic mass is 10.3. The maximum atomic E-state index is 10.1.